The third-order valence-electron chi connectivity index (χ3n) is 6.88. The summed E-state index contributed by atoms with van der Waals surface area (Å²) in [6.45, 7) is 2.93. The fraction of sp³-hybridized carbons (Fsp3) is 0.194. The van der Waals surface area contributed by atoms with E-state index < -0.39 is 10.0 Å². The van der Waals surface area contributed by atoms with Crippen molar-refractivity contribution >= 4 is 15.9 Å². The maximum absolute atomic E-state index is 13.2. The van der Waals surface area contributed by atoms with Crippen LogP contribution in [0.15, 0.2) is 120 Å². The Morgan fingerprint density at radius 3 is 1.71 bits per heavy atom. The second kappa shape index (κ2) is 11.7. The van der Waals surface area contributed by atoms with Gasteiger partial charge in [-0.15, -0.1) is 0 Å². The molecule has 7 heteroatoms. The van der Waals surface area contributed by atoms with Gasteiger partial charge >= 0.3 is 0 Å². The van der Waals surface area contributed by atoms with Gasteiger partial charge in [0, 0.05) is 38.3 Å². The molecule has 0 spiro atoms. The lowest BCUT2D eigenvalue weighted by Crippen LogP contribution is -2.48. The fourth-order valence-electron chi connectivity index (χ4n) is 4.75. The van der Waals surface area contributed by atoms with Gasteiger partial charge in [0.2, 0.25) is 10.0 Å². The van der Waals surface area contributed by atoms with Crippen LogP contribution in [0, 0.1) is 0 Å². The first kappa shape index (κ1) is 25.9. The number of nitrogens with zero attached hydrogens (tertiary/aromatic N) is 2. The lowest BCUT2D eigenvalue weighted by molar-refractivity contribution is 0.0943. The molecule has 0 unspecified atom stereocenters. The molecule has 0 saturated carbocycles. The molecule has 194 valence electrons. The summed E-state index contributed by atoms with van der Waals surface area (Å²) < 4.78 is 27.3. The summed E-state index contributed by atoms with van der Waals surface area (Å²) in [5, 5.41) is 3.19. The minimum absolute atomic E-state index is 0.131. The molecule has 4 aromatic rings. The van der Waals surface area contributed by atoms with Crippen molar-refractivity contribution in [3.8, 4) is 0 Å². The monoisotopic (exact) mass is 525 g/mol. The highest BCUT2D eigenvalue weighted by Gasteiger charge is 2.28. The van der Waals surface area contributed by atoms with Gasteiger partial charge in [0.05, 0.1) is 10.9 Å². The molecule has 1 fully saturated rings. The van der Waals surface area contributed by atoms with Crippen LogP contribution in [0.4, 0.5) is 0 Å². The number of carbonyl (C=O) groups excluding carboxylic acids is 1. The molecule has 4 aromatic carbocycles. The number of hydrogen-bond donors (Lipinski definition) is 1. The van der Waals surface area contributed by atoms with Crippen molar-refractivity contribution < 1.29 is 13.2 Å². The van der Waals surface area contributed by atoms with Gasteiger partial charge < -0.3 is 5.32 Å². The van der Waals surface area contributed by atoms with E-state index in [9.17, 15) is 13.2 Å². The van der Waals surface area contributed by atoms with Crippen molar-refractivity contribution in [1.82, 2.24) is 14.5 Å². The van der Waals surface area contributed by atoms with Crippen LogP contribution in [0.25, 0.3) is 0 Å². The Bertz CT molecular complexity index is 1400. The number of nitrogens with one attached hydrogen (secondary N) is 1. The zero-order valence-electron chi connectivity index (χ0n) is 21.1. The van der Waals surface area contributed by atoms with E-state index in [4.69, 9.17) is 0 Å². The van der Waals surface area contributed by atoms with Crippen LogP contribution >= 0.6 is 0 Å². The summed E-state index contributed by atoms with van der Waals surface area (Å²) in [6, 6.07) is 35.9. The van der Waals surface area contributed by atoms with Crippen molar-refractivity contribution in [3.63, 3.8) is 0 Å². The van der Waals surface area contributed by atoms with Crippen LogP contribution in [0.5, 0.6) is 0 Å². The minimum Gasteiger partial charge on any atom is -0.341 e. The smallest absolute Gasteiger partial charge is 0.252 e. The molecule has 38 heavy (non-hydrogen) atoms. The molecule has 0 bridgehead atoms. The summed E-state index contributed by atoms with van der Waals surface area (Å²) in [5.41, 5.74) is 3.74. The fourth-order valence-corrected chi connectivity index (χ4v) is 6.20. The average molecular weight is 526 g/mol. The Morgan fingerprint density at radius 2 is 1.18 bits per heavy atom. The molecular formula is C31H31N3O3S. The number of benzene rings is 4. The Labute approximate surface area is 224 Å². The zero-order chi connectivity index (χ0) is 26.4. The standard InChI is InChI=1S/C31H31N3O3S/c35-31(32-30(26-10-4-1-5-11-26)27-12-6-2-7-13-27)28-18-16-25(17-19-28)24-33-20-22-34(23-21-33)38(36,37)29-14-8-3-9-15-29/h1-19,30H,20-24H2,(H,32,35). The molecular weight excluding hydrogens is 494 g/mol. The van der Waals surface area contributed by atoms with E-state index in [1.807, 2.05) is 91.0 Å². The maximum Gasteiger partial charge on any atom is 0.252 e. The van der Waals surface area contributed by atoms with Crippen LogP contribution in [-0.4, -0.2) is 49.7 Å². The first-order chi connectivity index (χ1) is 18.5. The van der Waals surface area contributed by atoms with E-state index in [0.717, 1.165) is 16.7 Å². The summed E-state index contributed by atoms with van der Waals surface area (Å²) >= 11 is 0. The van der Waals surface area contributed by atoms with Crippen LogP contribution in [0.1, 0.15) is 33.1 Å². The van der Waals surface area contributed by atoms with Crippen molar-refractivity contribution in [3.05, 3.63) is 138 Å². The zero-order valence-corrected chi connectivity index (χ0v) is 21.9. The molecule has 1 heterocycles. The van der Waals surface area contributed by atoms with Crippen LogP contribution in [0.2, 0.25) is 0 Å². The topological polar surface area (TPSA) is 69.7 Å². The van der Waals surface area contributed by atoms with Gasteiger partial charge in [-0.3, -0.25) is 9.69 Å². The van der Waals surface area contributed by atoms with Crippen molar-refractivity contribution in [1.29, 1.82) is 0 Å². The Kier molecular flexibility index (Phi) is 7.98. The number of rotatable bonds is 8. The number of sulfonamides is 1. The average Bonchev–Trinajstić information content (AvgIpc) is 2.98. The van der Waals surface area contributed by atoms with Gasteiger partial charge in [-0.2, -0.15) is 4.31 Å². The third-order valence-corrected chi connectivity index (χ3v) is 8.79. The third kappa shape index (κ3) is 6.02. The minimum atomic E-state index is -3.46. The molecule has 0 aliphatic carbocycles. The predicted octanol–water partition coefficient (Wildman–Crippen LogP) is 4.71. The lowest BCUT2D eigenvalue weighted by Gasteiger charge is -2.34. The van der Waals surface area contributed by atoms with Crippen LogP contribution in [0.3, 0.4) is 0 Å². The number of hydrogen-bond acceptors (Lipinski definition) is 4. The van der Waals surface area contributed by atoms with Gasteiger partial charge in [0.1, 0.15) is 0 Å². The maximum atomic E-state index is 13.2. The molecule has 1 aliphatic rings. The molecule has 1 aliphatic heterocycles. The second-order valence-electron chi connectivity index (χ2n) is 9.42. The number of carbonyl (C=O) groups is 1. The highest BCUT2D eigenvalue weighted by molar-refractivity contribution is 7.89. The summed E-state index contributed by atoms with van der Waals surface area (Å²) in [5.74, 6) is -0.131. The van der Waals surface area contributed by atoms with E-state index in [-0.39, 0.29) is 11.9 Å². The van der Waals surface area contributed by atoms with Gasteiger partial charge in [0.25, 0.3) is 5.91 Å². The Morgan fingerprint density at radius 1 is 0.684 bits per heavy atom. The Balaban J connectivity index is 1.19. The first-order valence-electron chi connectivity index (χ1n) is 12.8. The molecule has 0 aromatic heterocycles. The molecule has 0 atom stereocenters. The van der Waals surface area contributed by atoms with Crippen molar-refractivity contribution in [2.45, 2.75) is 17.5 Å². The largest absolute Gasteiger partial charge is 0.341 e. The van der Waals surface area contributed by atoms with Gasteiger partial charge in [-0.1, -0.05) is 91.0 Å². The lowest BCUT2D eigenvalue weighted by atomic mass is 9.98. The van der Waals surface area contributed by atoms with Crippen LogP contribution in [-0.2, 0) is 16.6 Å². The van der Waals surface area contributed by atoms with E-state index >= 15 is 0 Å². The van der Waals surface area contributed by atoms with Gasteiger partial charge in [0.15, 0.2) is 0 Å². The van der Waals surface area contributed by atoms with E-state index in [1.54, 1.807) is 28.6 Å². The van der Waals surface area contributed by atoms with E-state index in [0.29, 0.717) is 43.2 Å². The van der Waals surface area contributed by atoms with E-state index in [2.05, 4.69) is 10.2 Å². The Hall–Kier alpha value is -3.78. The quantitative estimate of drug-likeness (QED) is 0.362. The normalized spacial score (nSPS) is 14.9. The summed E-state index contributed by atoms with van der Waals surface area (Å²) in [4.78, 5) is 15.7. The highest BCUT2D eigenvalue weighted by atomic mass is 32.2. The van der Waals surface area contributed by atoms with E-state index in [1.165, 1.54) is 0 Å². The number of piperazine rings is 1. The molecule has 6 nitrogen and oxygen atoms in total. The highest BCUT2D eigenvalue weighted by Crippen LogP contribution is 2.23. The van der Waals surface area contributed by atoms with Gasteiger partial charge in [-0.05, 0) is 41.0 Å². The molecule has 5 rings (SSSR count). The van der Waals surface area contributed by atoms with Crippen molar-refractivity contribution in [2.75, 3.05) is 26.2 Å². The summed E-state index contributed by atoms with van der Waals surface area (Å²) in [7, 11) is -3.46. The van der Waals surface area contributed by atoms with Crippen molar-refractivity contribution in [2.24, 2.45) is 0 Å². The second-order valence-corrected chi connectivity index (χ2v) is 11.4. The molecule has 1 amide bonds. The van der Waals surface area contributed by atoms with Crippen LogP contribution < -0.4 is 5.32 Å². The SMILES string of the molecule is O=C(NC(c1ccccc1)c1ccccc1)c1ccc(CN2CCN(S(=O)(=O)c3ccccc3)CC2)cc1. The number of amides is 1. The summed E-state index contributed by atoms with van der Waals surface area (Å²) in [6.07, 6.45) is 0. The molecule has 0 radical (unpaired) electrons. The van der Waals surface area contributed by atoms with Gasteiger partial charge in [-0.25, -0.2) is 8.42 Å². The molecule has 1 saturated heterocycles. The predicted molar refractivity (Wildman–Crippen MR) is 149 cm³/mol. The first-order valence-corrected chi connectivity index (χ1v) is 14.2. The molecule has 1 N–H and O–H groups in total.